The van der Waals surface area contributed by atoms with E-state index in [1.165, 1.54) is 77.0 Å². The molecule has 0 atom stereocenters. The fourth-order valence-electron chi connectivity index (χ4n) is 2.90. The first-order valence-corrected chi connectivity index (χ1v) is 9.93. The Morgan fingerprint density at radius 2 is 1.09 bits per heavy atom. The van der Waals surface area contributed by atoms with Crippen LogP contribution in [0.1, 0.15) is 116 Å². The van der Waals surface area contributed by atoms with Gasteiger partial charge in [-0.25, -0.2) is 0 Å². The Kier molecular flexibility index (Phi) is 18.0. The van der Waals surface area contributed by atoms with Crippen LogP contribution in [0.3, 0.4) is 0 Å². The molecule has 0 saturated heterocycles. The van der Waals surface area contributed by atoms with Crippen LogP contribution in [0.4, 0.5) is 0 Å². The molecule has 0 aliphatic rings. The van der Waals surface area contributed by atoms with Crippen molar-refractivity contribution in [1.29, 1.82) is 0 Å². The van der Waals surface area contributed by atoms with Gasteiger partial charge >= 0.3 is 0 Å². The van der Waals surface area contributed by atoms with E-state index < -0.39 is 0 Å². The molecule has 0 aliphatic heterocycles. The second-order valence-electron chi connectivity index (χ2n) is 6.71. The van der Waals surface area contributed by atoms with E-state index >= 15 is 0 Å². The topological polar surface area (TPSA) is 17.1 Å². The van der Waals surface area contributed by atoms with Gasteiger partial charge in [0.05, 0.1) is 0 Å². The molecule has 0 N–H and O–H groups in total. The van der Waals surface area contributed by atoms with Gasteiger partial charge in [-0.1, -0.05) is 83.6 Å². The molecule has 22 heavy (non-hydrogen) atoms. The van der Waals surface area contributed by atoms with Gasteiger partial charge in [0.25, 0.3) is 0 Å². The van der Waals surface area contributed by atoms with Crippen molar-refractivity contribution in [3.05, 3.63) is 12.7 Å². The molecule has 0 bridgehead atoms. The molecular weight excluding hydrogens is 268 g/mol. The lowest BCUT2D eigenvalue weighted by Gasteiger charge is -2.03. The van der Waals surface area contributed by atoms with Gasteiger partial charge in [0.15, 0.2) is 0 Å². The highest BCUT2D eigenvalue weighted by Gasteiger charge is 2.01. The van der Waals surface area contributed by atoms with E-state index in [1.54, 1.807) is 0 Å². The Morgan fingerprint density at radius 1 is 0.682 bits per heavy atom. The van der Waals surface area contributed by atoms with Crippen LogP contribution in [0.15, 0.2) is 12.7 Å². The molecular formula is C21H40O. The number of rotatable bonds is 18. The Labute approximate surface area is 140 Å². The van der Waals surface area contributed by atoms with Crippen LogP contribution < -0.4 is 0 Å². The Bertz CT molecular complexity index is 244. The lowest BCUT2D eigenvalue weighted by molar-refractivity contribution is -0.119. The minimum Gasteiger partial charge on any atom is -0.300 e. The predicted octanol–water partition coefficient (Wildman–Crippen LogP) is 7.39. The maximum Gasteiger partial charge on any atom is 0.132 e. The minimum atomic E-state index is 0.498. The molecule has 0 unspecified atom stereocenters. The molecule has 0 aromatic heterocycles. The maximum atomic E-state index is 11.8. The molecule has 0 aromatic carbocycles. The van der Waals surface area contributed by atoms with E-state index in [0.29, 0.717) is 5.78 Å². The molecule has 0 radical (unpaired) electrons. The molecule has 1 nitrogen and oxygen atoms in total. The van der Waals surface area contributed by atoms with Gasteiger partial charge in [0.2, 0.25) is 0 Å². The molecule has 0 spiro atoms. The summed E-state index contributed by atoms with van der Waals surface area (Å²) in [5, 5.41) is 0. The highest BCUT2D eigenvalue weighted by Crippen LogP contribution is 2.12. The number of carbonyl (C=O) groups excluding carboxylic acids is 1. The van der Waals surface area contributed by atoms with Crippen molar-refractivity contribution in [2.24, 2.45) is 0 Å². The van der Waals surface area contributed by atoms with Crippen molar-refractivity contribution in [3.63, 3.8) is 0 Å². The third-order valence-corrected chi connectivity index (χ3v) is 4.42. The quantitative estimate of drug-likeness (QED) is 0.190. The third kappa shape index (κ3) is 17.5. The molecule has 0 fully saturated rings. The van der Waals surface area contributed by atoms with Gasteiger partial charge < -0.3 is 0 Å². The van der Waals surface area contributed by atoms with Crippen molar-refractivity contribution < 1.29 is 4.79 Å². The maximum absolute atomic E-state index is 11.8. The molecule has 0 amide bonds. The lowest BCUT2D eigenvalue weighted by atomic mass is 10.0. The predicted molar refractivity (Wildman–Crippen MR) is 99.4 cm³/mol. The standard InChI is InChI=1S/C21H40O/c1-3-5-7-9-11-13-15-17-19-21(22)20-18-16-14-12-10-8-6-4-2/h3H,1,4-20H2,2H3. The number of ketones is 1. The van der Waals surface area contributed by atoms with Crippen LogP contribution in [0.25, 0.3) is 0 Å². The summed E-state index contributed by atoms with van der Waals surface area (Å²) in [4.78, 5) is 11.8. The van der Waals surface area contributed by atoms with Crippen molar-refractivity contribution in [2.75, 3.05) is 0 Å². The molecule has 0 rings (SSSR count). The number of carbonyl (C=O) groups is 1. The zero-order valence-corrected chi connectivity index (χ0v) is 15.2. The monoisotopic (exact) mass is 308 g/mol. The van der Waals surface area contributed by atoms with Gasteiger partial charge in [0, 0.05) is 12.8 Å². The highest BCUT2D eigenvalue weighted by molar-refractivity contribution is 5.78. The number of Topliss-reactive ketones (excluding diaryl/α,β-unsaturated/α-hetero) is 1. The van der Waals surface area contributed by atoms with Crippen LogP contribution in [-0.2, 0) is 4.79 Å². The first-order valence-electron chi connectivity index (χ1n) is 9.93. The highest BCUT2D eigenvalue weighted by atomic mass is 16.1. The fourth-order valence-corrected chi connectivity index (χ4v) is 2.90. The van der Waals surface area contributed by atoms with E-state index in [0.717, 1.165) is 32.1 Å². The second-order valence-corrected chi connectivity index (χ2v) is 6.71. The number of hydrogen-bond acceptors (Lipinski definition) is 1. The average molecular weight is 309 g/mol. The summed E-state index contributed by atoms with van der Waals surface area (Å²) in [6, 6.07) is 0. The van der Waals surface area contributed by atoms with Gasteiger partial charge in [-0.3, -0.25) is 4.79 Å². The molecule has 130 valence electrons. The van der Waals surface area contributed by atoms with Gasteiger partial charge in [-0.2, -0.15) is 0 Å². The van der Waals surface area contributed by atoms with Gasteiger partial charge in [-0.15, -0.1) is 6.58 Å². The smallest absolute Gasteiger partial charge is 0.132 e. The Balaban J connectivity index is 3.14. The fraction of sp³-hybridized carbons (Fsp3) is 0.857. The molecule has 0 aromatic rings. The third-order valence-electron chi connectivity index (χ3n) is 4.42. The SMILES string of the molecule is C=CCCCCCCCCC(=O)CCCCCCCCCC. The largest absolute Gasteiger partial charge is 0.300 e. The molecule has 1 heteroatoms. The zero-order chi connectivity index (χ0) is 16.3. The number of allylic oxidation sites excluding steroid dienone is 1. The second kappa shape index (κ2) is 18.5. The van der Waals surface area contributed by atoms with Crippen LogP contribution in [-0.4, -0.2) is 5.78 Å². The van der Waals surface area contributed by atoms with Crippen molar-refractivity contribution >= 4 is 5.78 Å². The molecule has 0 aliphatic carbocycles. The minimum absolute atomic E-state index is 0.498. The van der Waals surface area contributed by atoms with Crippen molar-refractivity contribution in [1.82, 2.24) is 0 Å². The summed E-state index contributed by atoms with van der Waals surface area (Å²) in [5.74, 6) is 0.498. The first-order chi connectivity index (χ1) is 10.8. The van der Waals surface area contributed by atoms with Crippen LogP contribution >= 0.6 is 0 Å². The van der Waals surface area contributed by atoms with Gasteiger partial charge in [-0.05, 0) is 25.7 Å². The summed E-state index contributed by atoms with van der Waals surface area (Å²) >= 11 is 0. The normalized spacial score (nSPS) is 10.8. The molecule has 0 heterocycles. The zero-order valence-electron chi connectivity index (χ0n) is 15.2. The van der Waals surface area contributed by atoms with E-state index in [4.69, 9.17) is 0 Å². The first kappa shape index (κ1) is 21.4. The average Bonchev–Trinajstić information content (AvgIpc) is 2.52. The van der Waals surface area contributed by atoms with E-state index in [2.05, 4.69) is 13.5 Å². The number of unbranched alkanes of at least 4 members (excludes halogenated alkanes) is 13. The summed E-state index contributed by atoms with van der Waals surface area (Å²) < 4.78 is 0. The summed E-state index contributed by atoms with van der Waals surface area (Å²) in [6.07, 6.45) is 22.9. The van der Waals surface area contributed by atoms with E-state index in [-0.39, 0.29) is 0 Å². The van der Waals surface area contributed by atoms with Crippen LogP contribution in [0.5, 0.6) is 0 Å². The van der Waals surface area contributed by atoms with Crippen LogP contribution in [0.2, 0.25) is 0 Å². The van der Waals surface area contributed by atoms with E-state index in [1.807, 2.05) is 6.08 Å². The van der Waals surface area contributed by atoms with Crippen molar-refractivity contribution in [2.45, 2.75) is 116 Å². The van der Waals surface area contributed by atoms with E-state index in [9.17, 15) is 4.79 Å². The summed E-state index contributed by atoms with van der Waals surface area (Å²) in [7, 11) is 0. The summed E-state index contributed by atoms with van der Waals surface area (Å²) in [6.45, 7) is 6.00. The number of hydrogen-bond donors (Lipinski definition) is 0. The Hall–Kier alpha value is -0.590. The van der Waals surface area contributed by atoms with Crippen molar-refractivity contribution in [3.8, 4) is 0 Å². The van der Waals surface area contributed by atoms with Crippen LogP contribution in [0, 0.1) is 0 Å². The lowest BCUT2D eigenvalue weighted by Crippen LogP contribution is -1.97. The van der Waals surface area contributed by atoms with Gasteiger partial charge in [0.1, 0.15) is 5.78 Å². The summed E-state index contributed by atoms with van der Waals surface area (Å²) in [5.41, 5.74) is 0. The molecule has 0 saturated carbocycles. The Morgan fingerprint density at radius 3 is 1.55 bits per heavy atom.